The Labute approximate surface area is 183 Å². The third-order valence-corrected chi connectivity index (χ3v) is 6.57. The van der Waals surface area contributed by atoms with E-state index in [0.29, 0.717) is 17.3 Å². The van der Waals surface area contributed by atoms with Gasteiger partial charge in [-0.05, 0) is 23.4 Å². The zero-order valence-electron chi connectivity index (χ0n) is 16.4. The molecule has 1 atom stereocenters. The molecule has 3 aromatic carbocycles. The molecule has 0 spiro atoms. The van der Waals surface area contributed by atoms with Crippen LogP contribution in [-0.2, 0) is 10.5 Å². The van der Waals surface area contributed by atoms with Gasteiger partial charge in [0.2, 0.25) is 5.13 Å². The first-order valence-corrected chi connectivity index (χ1v) is 11.5. The fourth-order valence-electron chi connectivity index (χ4n) is 3.00. The SMILES string of the molecule is CC[C@H](Oc1cccc2ccccc12)C(=O)Nc1nnc(SCc2ccccc2)s1. The fourth-order valence-corrected chi connectivity index (χ4v) is 4.71. The normalized spacial score (nSPS) is 11.9. The first-order chi connectivity index (χ1) is 14.7. The largest absolute Gasteiger partial charge is 0.480 e. The molecule has 0 bridgehead atoms. The number of amides is 1. The van der Waals surface area contributed by atoms with Crippen molar-refractivity contribution in [2.45, 2.75) is 29.5 Å². The van der Waals surface area contributed by atoms with Crippen molar-refractivity contribution in [3.8, 4) is 5.75 Å². The van der Waals surface area contributed by atoms with Gasteiger partial charge in [-0.3, -0.25) is 10.1 Å². The summed E-state index contributed by atoms with van der Waals surface area (Å²) in [6, 6.07) is 24.0. The lowest BCUT2D eigenvalue weighted by atomic mass is 10.1. The number of aromatic nitrogens is 2. The molecule has 7 heteroatoms. The number of hydrogen-bond donors (Lipinski definition) is 1. The number of nitrogens with zero attached hydrogens (tertiary/aromatic N) is 2. The molecule has 0 saturated heterocycles. The highest BCUT2D eigenvalue weighted by Gasteiger charge is 2.21. The lowest BCUT2D eigenvalue weighted by Crippen LogP contribution is -2.32. The molecule has 0 saturated carbocycles. The summed E-state index contributed by atoms with van der Waals surface area (Å²) in [5.74, 6) is 1.29. The molecule has 0 aliphatic carbocycles. The molecule has 152 valence electrons. The number of rotatable bonds is 8. The highest BCUT2D eigenvalue weighted by molar-refractivity contribution is 8.00. The van der Waals surface area contributed by atoms with Crippen LogP contribution in [0.3, 0.4) is 0 Å². The van der Waals surface area contributed by atoms with E-state index in [1.54, 1.807) is 11.8 Å². The van der Waals surface area contributed by atoms with Crippen molar-refractivity contribution < 1.29 is 9.53 Å². The van der Waals surface area contributed by atoms with Gasteiger partial charge in [-0.25, -0.2) is 0 Å². The highest BCUT2D eigenvalue weighted by atomic mass is 32.2. The number of hydrogen-bond acceptors (Lipinski definition) is 6. The fraction of sp³-hybridized carbons (Fsp3) is 0.174. The standard InChI is InChI=1S/C23H21N3O2S2/c1-2-19(28-20-14-8-12-17-11-6-7-13-18(17)20)21(27)24-22-25-26-23(30-22)29-15-16-9-4-3-5-10-16/h3-14,19H,2,15H2,1H3,(H,24,25,27)/t19-/m0/s1. The molecule has 30 heavy (non-hydrogen) atoms. The van der Waals surface area contributed by atoms with E-state index in [9.17, 15) is 4.79 Å². The number of ether oxygens (including phenoxy) is 1. The summed E-state index contributed by atoms with van der Waals surface area (Å²) < 4.78 is 6.88. The predicted octanol–water partition coefficient (Wildman–Crippen LogP) is 5.78. The van der Waals surface area contributed by atoms with Crippen LogP contribution in [-0.4, -0.2) is 22.2 Å². The topological polar surface area (TPSA) is 64.1 Å². The van der Waals surface area contributed by atoms with Gasteiger partial charge >= 0.3 is 0 Å². The lowest BCUT2D eigenvalue weighted by molar-refractivity contribution is -0.122. The van der Waals surface area contributed by atoms with Gasteiger partial charge < -0.3 is 4.74 Å². The lowest BCUT2D eigenvalue weighted by Gasteiger charge is -2.17. The van der Waals surface area contributed by atoms with Gasteiger partial charge in [-0.15, -0.1) is 10.2 Å². The molecule has 5 nitrogen and oxygen atoms in total. The second-order valence-electron chi connectivity index (χ2n) is 6.63. The van der Waals surface area contributed by atoms with Crippen molar-refractivity contribution in [2.75, 3.05) is 5.32 Å². The van der Waals surface area contributed by atoms with Crippen LogP contribution in [0.2, 0.25) is 0 Å². The minimum atomic E-state index is -0.611. The zero-order chi connectivity index (χ0) is 20.8. The maximum atomic E-state index is 12.8. The number of fused-ring (bicyclic) bond motifs is 1. The molecular weight excluding hydrogens is 414 g/mol. The number of benzene rings is 3. The molecule has 4 aromatic rings. The Morgan fingerprint density at radius 3 is 2.63 bits per heavy atom. The molecule has 0 aliphatic rings. The summed E-state index contributed by atoms with van der Waals surface area (Å²) in [7, 11) is 0. The minimum absolute atomic E-state index is 0.221. The smallest absolute Gasteiger partial charge is 0.267 e. The van der Waals surface area contributed by atoms with Crippen LogP contribution in [0.4, 0.5) is 5.13 Å². The number of thioether (sulfide) groups is 1. The Kier molecular flexibility index (Phi) is 6.61. The van der Waals surface area contributed by atoms with Crippen molar-refractivity contribution >= 4 is 44.9 Å². The molecule has 1 heterocycles. The van der Waals surface area contributed by atoms with Crippen molar-refractivity contribution in [1.29, 1.82) is 0 Å². The van der Waals surface area contributed by atoms with Gasteiger partial charge in [0.05, 0.1) is 0 Å². The van der Waals surface area contributed by atoms with Gasteiger partial charge in [-0.2, -0.15) is 0 Å². The molecule has 1 amide bonds. The average molecular weight is 436 g/mol. The van der Waals surface area contributed by atoms with E-state index in [1.165, 1.54) is 16.9 Å². The van der Waals surface area contributed by atoms with E-state index >= 15 is 0 Å². The first kappa shape index (κ1) is 20.4. The van der Waals surface area contributed by atoms with Gasteiger partial charge in [0, 0.05) is 11.1 Å². The quantitative estimate of drug-likeness (QED) is 0.281. The van der Waals surface area contributed by atoms with E-state index in [-0.39, 0.29) is 5.91 Å². The van der Waals surface area contributed by atoms with E-state index in [1.807, 2.05) is 67.6 Å². The third-order valence-electron chi connectivity index (χ3n) is 4.52. The Hall–Kier alpha value is -2.90. The van der Waals surface area contributed by atoms with Crippen LogP contribution in [0.5, 0.6) is 5.75 Å². The number of nitrogens with one attached hydrogen (secondary N) is 1. The van der Waals surface area contributed by atoms with Gasteiger partial charge in [-0.1, -0.05) is 96.8 Å². The summed E-state index contributed by atoms with van der Waals surface area (Å²) in [5.41, 5.74) is 1.22. The second-order valence-corrected chi connectivity index (χ2v) is 8.83. The maximum absolute atomic E-state index is 12.8. The van der Waals surface area contributed by atoms with Crippen LogP contribution in [0.15, 0.2) is 77.1 Å². The average Bonchev–Trinajstić information content (AvgIpc) is 3.24. The van der Waals surface area contributed by atoms with E-state index in [4.69, 9.17) is 4.74 Å². The van der Waals surface area contributed by atoms with Crippen LogP contribution < -0.4 is 10.1 Å². The molecule has 0 radical (unpaired) electrons. The second kappa shape index (κ2) is 9.73. The Balaban J connectivity index is 1.39. The highest BCUT2D eigenvalue weighted by Crippen LogP contribution is 2.29. The number of carbonyl (C=O) groups is 1. The zero-order valence-corrected chi connectivity index (χ0v) is 18.1. The third kappa shape index (κ3) is 4.98. The molecule has 0 aliphatic heterocycles. The van der Waals surface area contributed by atoms with Crippen LogP contribution >= 0.6 is 23.1 Å². The Morgan fingerprint density at radius 2 is 1.80 bits per heavy atom. The molecule has 1 aromatic heterocycles. The number of carbonyl (C=O) groups excluding carboxylic acids is 1. The molecule has 1 N–H and O–H groups in total. The summed E-state index contributed by atoms with van der Waals surface area (Å²) in [4.78, 5) is 12.8. The number of anilines is 1. The first-order valence-electron chi connectivity index (χ1n) is 9.68. The summed E-state index contributed by atoms with van der Waals surface area (Å²) in [6.45, 7) is 1.93. The molecule has 4 rings (SSSR count). The monoisotopic (exact) mass is 435 g/mol. The molecular formula is C23H21N3O2S2. The van der Waals surface area contributed by atoms with Gasteiger partial charge in [0.15, 0.2) is 10.4 Å². The Morgan fingerprint density at radius 1 is 1.03 bits per heavy atom. The minimum Gasteiger partial charge on any atom is -0.480 e. The van der Waals surface area contributed by atoms with Gasteiger partial charge in [0.25, 0.3) is 5.91 Å². The molecule has 0 unspecified atom stereocenters. The van der Waals surface area contributed by atoms with Crippen molar-refractivity contribution in [3.63, 3.8) is 0 Å². The van der Waals surface area contributed by atoms with Gasteiger partial charge in [0.1, 0.15) is 5.75 Å². The van der Waals surface area contributed by atoms with Crippen LogP contribution in [0, 0.1) is 0 Å². The van der Waals surface area contributed by atoms with E-state index in [2.05, 4.69) is 27.6 Å². The van der Waals surface area contributed by atoms with Crippen molar-refractivity contribution in [1.82, 2.24) is 10.2 Å². The van der Waals surface area contributed by atoms with Crippen LogP contribution in [0.25, 0.3) is 10.8 Å². The van der Waals surface area contributed by atoms with E-state index in [0.717, 1.165) is 20.9 Å². The summed E-state index contributed by atoms with van der Waals surface area (Å²) >= 11 is 2.97. The van der Waals surface area contributed by atoms with Crippen LogP contribution in [0.1, 0.15) is 18.9 Å². The van der Waals surface area contributed by atoms with Crippen molar-refractivity contribution in [2.24, 2.45) is 0 Å². The predicted molar refractivity (Wildman–Crippen MR) is 123 cm³/mol. The maximum Gasteiger partial charge on any atom is 0.267 e. The van der Waals surface area contributed by atoms with E-state index < -0.39 is 6.10 Å². The Bertz CT molecular complexity index is 1130. The van der Waals surface area contributed by atoms with Crippen molar-refractivity contribution in [3.05, 3.63) is 78.4 Å². The molecule has 0 fully saturated rings. The summed E-state index contributed by atoms with van der Waals surface area (Å²) in [6.07, 6.45) is -0.0659. The summed E-state index contributed by atoms with van der Waals surface area (Å²) in [5, 5.41) is 13.7.